The lowest BCUT2D eigenvalue weighted by Crippen LogP contribution is -2.13. The molecule has 0 aliphatic heterocycles. The summed E-state index contributed by atoms with van der Waals surface area (Å²) in [6, 6.07) is 13.4. The minimum absolute atomic E-state index is 0.225. The van der Waals surface area contributed by atoms with Crippen LogP contribution in [-0.4, -0.2) is 25.2 Å². The van der Waals surface area contributed by atoms with Crippen molar-refractivity contribution in [2.24, 2.45) is 0 Å². The van der Waals surface area contributed by atoms with Crippen molar-refractivity contribution in [3.05, 3.63) is 88.8 Å². The van der Waals surface area contributed by atoms with E-state index in [0.29, 0.717) is 34.6 Å². The van der Waals surface area contributed by atoms with Crippen molar-refractivity contribution < 1.29 is 9.21 Å². The molecule has 33 heavy (non-hydrogen) atoms. The fraction of sp³-hybridized carbons (Fsp3) is 0.125. The molecule has 0 aliphatic rings. The number of anilines is 1. The molecule has 1 amide bonds. The number of aromatic nitrogens is 4. The molecule has 0 radical (unpaired) electrons. The number of amides is 1. The van der Waals surface area contributed by atoms with Crippen molar-refractivity contribution in [3.63, 3.8) is 0 Å². The van der Waals surface area contributed by atoms with Crippen LogP contribution >= 0.6 is 23.2 Å². The Labute approximate surface area is 199 Å². The first-order chi connectivity index (χ1) is 16.0. The minimum atomic E-state index is -0.359. The average molecular weight is 480 g/mol. The summed E-state index contributed by atoms with van der Waals surface area (Å²) in [5.74, 6) is 0.0737. The van der Waals surface area contributed by atoms with Crippen molar-refractivity contribution in [3.8, 4) is 11.3 Å². The van der Waals surface area contributed by atoms with Crippen LogP contribution in [0.4, 0.5) is 5.69 Å². The summed E-state index contributed by atoms with van der Waals surface area (Å²) >= 11 is 12.3. The van der Waals surface area contributed by atoms with Gasteiger partial charge >= 0.3 is 0 Å². The predicted octanol–water partition coefficient (Wildman–Crippen LogP) is 6.06. The number of nitrogens with one attached hydrogen (secondary N) is 1. The highest BCUT2D eigenvalue weighted by molar-refractivity contribution is 6.42. The van der Waals surface area contributed by atoms with Gasteiger partial charge in [0.2, 0.25) is 0 Å². The van der Waals surface area contributed by atoms with Crippen molar-refractivity contribution in [1.29, 1.82) is 0 Å². The summed E-state index contributed by atoms with van der Waals surface area (Å²) in [6.07, 6.45) is 6.65. The van der Waals surface area contributed by atoms with Gasteiger partial charge in [-0.15, -0.1) is 0 Å². The third-order valence-corrected chi connectivity index (χ3v) is 6.06. The summed E-state index contributed by atoms with van der Waals surface area (Å²) in [5.41, 5.74) is 3.67. The zero-order valence-corrected chi connectivity index (χ0v) is 19.1. The molecule has 0 atom stereocenters. The molecule has 5 rings (SSSR count). The first-order valence-corrected chi connectivity index (χ1v) is 11.0. The summed E-state index contributed by atoms with van der Waals surface area (Å²) < 4.78 is 9.34. The van der Waals surface area contributed by atoms with E-state index in [9.17, 15) is 4.79 Å². The number of benzene rings is 2. The molecule has 0 aliphatic carbocycles. The molecule has 9 heteroatoms. The minimum Gasteiger partial charge on any atom is -0.443 e. The first kappa shape index (κ1) is 21.3. The first-order valence-electron chi connectivity index (χ1n) is 10.3. The highest BCUT2D eigenvalue weighted by Crippen LogP contribution is 2.29. The van der Waals surface area contributed by atoms with Crippen LogP contribution in [0.15, 0.2) is 71.9 Å². The molecule has 1 N–H and O–H groups in total. The van der Waals surface area contributed by atoms with Crippen LogP contribution < -0.4 is 5.32 Å². The van der Waals surface area contributed by atoms with Gasteiger partial charge in [0.25, 0.3) is 5.91 Å². The second-order valence-corrected chi connectivity index (χ2v) is 8.49. The van der Waals surface area contributed by atoms with E-state index in [1.54, 1.807) is 17.1 Å². The second-order valence-electron chi connectivity index (χ2n) is 7.68. The van der Waals surface area contributed by atoms with E-state index in [0.717, 1.165) is 22.0 Å². The van der Waals surface area contributed by atoms with Crippen LogP contribution in [0.2, 0.25) is 10.0 Å². The monoisotopic (exact) mass is 479 g/mol. The van der Waals surface area contributed by atoms with Gasteiger partial charge in [0.15, 0.2) is 17.8 Å². The van der Waals surface area contributed by atoms with Gasteiger partial charge in [-0.3, -0.25) is 9.48 Å². The van der Waals surface area contributed by atoms with Crippen molar-refractivity contribution in [1.82, 2.24) is 19.3 Å². The Morgan fingerprint density at radius 1 is 1.12 bits per heavy atom. The fourth-order valence-electron chi connectivity index (χ4n) is 3.73. The molecule has 0 spiro atoms. The van der Waals surface area contributed by atoms with E-state index in [1.165, 1.54) is 6.39 Å². The third-order valence-electron chi connectivity index (χ3n) is 5.34. The molecular formula is C24H19Cl2N5O2. The van der Waals surface area contributed by atoms with E-state index >= 15 is 0 Å². The highest BCUT2D eigenvalue weighted by Gasteiger charge is 2.19. The Morgan fingerprint density at radius 2 is 1.97 bits per heavy atom. The summed E-state index contributed by atoms with van der Waals surface area (Å²) in [7, 11) is 0. The van der Waals surface area contributed by atoms with Gasteiger partial charge in [0, 0.05) is 35.4 Å². The molecule has 0 saturated carbocycles. The number of oxazole rings is 1. The van der Waals surface area contributed by atoms with E-state index < -0.39 is 0 Å². The van der Waals surface area contributed by atoms with Gasteiger partial charge in [-0.25, -0.2) is 4.98 Å². The number of rotatable bonds is 6. The van der Waals surface area contributed by atoms with Gasteiger partial charge in [0.1, 0.15) is 0 Å². The second kappa shape index (κ2) is 8.77. The van der Waals surface area contributed by atoms with E-state index in [-0.39, 0.29) is 11.6 Å². The smallest absolute Gasteiger partial charge is 0.278 e. The highest BCUT2D eigenvalue weighted by atomic mass is 35.5. The van der Waals surface area contributed by atoms with Gasteiger partial charge < -0.3 is 14.3 Å². The lowest BCUT2D eigenvalue weighted by atomic mass is 10.1. The standard InChI is InChI=1S/C24H19Cl2N5O2/c1-15-3-2-4-17(9-15)23-22(27-14-33-23)24(32)29-18-12-28-31(13-18)8-7-30-6-5-16-10-19(25)20(26)11-21(16)30/h2-6,9-14H,7-8H2,1H3,(H,29,32). The number of aryl methyl sites for hydroxylation is 3. The average Bonchev–Trinajstić information content (AvgIpc) is 3.53. The zero-order valence-electron chi connectivity index (χ0n) is 17.6. The number of hydrogen-bond donors (Lipinski definition) is 1. The van der Waals surface area contributed by atoms with Crippen molar-refractivity contribution in [2.75, 3.05) is 5.32 Å². The Morgan fingerprint density at radius 3 is 2.82 bits per heavy atom. The predicted molar refractivity (Wildman–Crippen MR) is 129 cm³/mol. The summed E-state index contributed by atoms with van der Waals surface area (Å²) in [4.78, 5) is 16.9. The molecular weight excluding hydrogens is 461 g/mol. The van der Waals surface area contributed by atoms with Gasteiger partial charge in [0.05, 0.1) is 28.5 Å². The maximum atomic E-state index is 12.8. The number of nitrogens with zero attached hydrogens (tertiary/aromatic N) is 4. The quantitative estimate of drug-likeness (QED) is 0.321. The Kier molecular flexibility index (Phi) is 5.66. The van der Waals surface area contributed by atoms with Crippen LogP contribution in [0.5, 0.6) is 0 Å². The van der Waals surface area contributed by atoms with E-state index in [4.69, 9.17) is 27.6 Å². The number of fused-ring (bicyclic) bond motifs is 1. The molecule has 2 aromatic carbocycles. The van der Waals surface area contributed by atoms with E-state index in [1.807, 2.05) is 55.6 Å². The molecule has 5 aromatic rings. The van der Waals surface area contributed by atoms with Crippen molar-refractivity contribution in [2.45, 2.75) is 20.0 Å². The Balaban J connectivity index is 1.27. The fourth-order valence-corrected chi connectivity index (χ4v) is 4.06. The molecule has 0 fully saturated rings. The maximum Gasteiger partial charge on any atom is 0.278 e. The van der Waals surface area contributed by atoms with Crippen LogP contribution in [0, 0.1) is 6.92 Å². The number of carbonyl (C=O) groups is 1. The molecule has 0 unspecified atom stereocenters. The van der Waals surface area contributed by atoms with Crippen LogP contribution in [0.1, 0.15) is 16.1 Å². The molecule has 3 aromatic heterocycles. The Hall–Kier alpha value is -3.55. The lowest BCUT2D eigenvalue weighted by Gasteiger charge is -2.07. The number of hydrogen-bond acceptors (Lipinski definition) is 4. The number of halogens is 2. The third kappa shape index (κ3) is 4.37. The molecule has 0 saturated heterocycles. The van der Waals surface area contributed by atoms with E-state index in [2.05, 4.69) is 20.0 Å². The van der Waals surface area contributed by atoms with Gasteiger partial charge in [-0.05, 0) is 31.2 Å². The van der Waals surface area contributed by atoms with Crippen LogP contribution in [-0.2, 0) is 13.1 Å². The maximum absolute atomic E-state index is 12.8. The van der Waals surface area contributed by atoms with Crippen LogP contribution in [0.3, 0.4) is 0 Å². The summed E-state index contributed by atoms with van der Waals surface area (Å²) in [5, 5.41) is 9.27. The Bertz CT molecular complexity index is 1470. The SMILES string of the molecule is Cc1cccc(-c2ocnc2C(=O)Nc2cnn(CCn3ccc4cc(Cl)c(Cl)cc43)c2)c1. The van der Waals surface area contributed by atoms with Gasteiger partial charge in [-0.1, -0.05) is 47.0 Å². The van der Waals surface area contributed by atoms with Gasteiger partial charge in [-0.2, -0.15) is 5.10 Å². The van der Waals surface area contributed by atoms with Crippen LogP contribution in [0.25, 0.3) is 22.2 Å². The molecule has 7 nitrogen and oxygen atoms in total. The molecule has 0 bridgehead atoms. The lowest BCUT2D eigenvalue weighted by molar-refractivity contribution is 0.102. The normalized spacial score (nSPS) is 11.2. The largest absolute Gasteiger partial charge is 0.443 e. The molecule has 3 heterocycles. The zero-order chi connectivity index (χ0) is 22.9. The molecule has 166 valence electrons. The summed E-state index contributed by atoms with van der Waals surface area (Å²) in [6.45, 7) is 3.27. The topological polar surface area (TPSA) is 77.9 Å². The number of carbonyl (C=O) groups excluding carboxylic acids is 1. The van der Waals surface area contributed by atoms with Crippen molar-refractivity contribution >= 4 is 45.7 Å².